The van der Waals surface area contributed by atoms with E-state index in [1.165, 1.54) is 0 Å². The van der Waals surface area contributed by atoms with Gasteiger partial charge in [0.25, 0.3) is 0 Å². The number of nitrogens with zero attached hydrogens (tertiary/aromatic N) is 2. The topological polar surface area (TPSA) is 66.1 Å². The monoisotopic (exact) mass is 503 g/mol. The Kier molecular flexibility index (Phi) is 6.63. The van der Waals surface area contributed by atoms with Gasteiger partial charge in [-0.05, 0) is 30.0 Å². The summed E-state index contributed by atoms with van der Waals surface area (Å²) in [6.45, 7) is 3.69. The number of sulfone groups is 1. The largest absolute Gasteiger partial charge is 0.377 e. The highest BCUT2D eigenvalue weighted by Crippen LogP contribution is 2.43. The van der Waals surface area contributed by atoms with Crippen LogP contribution in [0.2, 0.25) is 10.0 Å². The Morgan fingerprint density at radius 3 is 2.58 bits per heavy atom. The Hall–Kier alpha value is -2.28. The molecule has 0 aliphatic heterocycles. The maximum absolute atomic E-state index is 12.2. The van der Waals surface area contributed by atoms with E-state index in [0.717, 1.165) is 28.2 Å². The highest BCUT2D eigenvalue weighted by molar-refractivity contribution is 7.95. The van der Waals surface area contributed by atoms with Gasteiger partial charge in [-0.15, -0.1) is 0 Å². The minimum atomic E-state index is -3.21. The average molecular weight is 504 g/mol. The second kappa shape index (κ2) is 9.16. The van der Waals surface area contributed by atoms with Crippen molar-refractivity contribution in [3.63, 3.8) is 0 Å². The summed E-state index contributed by atoms with van der Waals surface area (Å²) in [5.74, 6) is 1.09. The van der Waals surface area contributed by atoms with E-state index in [0.29, 0.717) is 26.9 Å². The zero-order valence-electron chi connectivity index (χ0n) is 19.1. The van der Waals surface area contributed by atoms with Crippen LogP contribution in [-0.2, 0) is 16.3 Å². The van der Waals surface area contributed by atoms with Crippen LogP contribution in [0.3, 0.4) is 0 Å². The zero-order valence-corrected chi connectivity index (χ0v) is 21.4. The van der Waals surface area contributed by atoms with Crippen molar-refractivity contribution in [1.29, 1.82) is 0 Å². The van der Waals surface area contributed by atoms with E-state index in [2.05, 4.69) is 4.98 Å². The molecule has 8 heteroatoms. The fourth-order valence-corrected chi connectivity index (χ4v) is 5.98. The first-order valence-electron chi connectivity index (χ1n) is 10.9. The Morgan fingerprint density at radius 2 is 1.91 bits per heavy atom. The van der Waals surface area contributed by atoms with Crippen molar-refractivity contribution < 1.29 is 8.42 Å². The molecule has 1 aliphatic rings. The molecule has 174 valence electrons. The van der Waals surface area contributed by atoms with E-state index >= 15 is 0 Å². The van der Waals surface area contributed by atoms with Crippen molar-refractivity contribution >= 4 is 49.8 Å². The van der Waals surface area contributed by atoms with E-state index in [-0.39, 0.29) is 17.6 Å². The molecule has 0 radical (unpaired) electrons. The predicted molar refractivity (Wildman–Crippen MR) is 139 cm³/mol. The molecule has 1 heterocycles. The number of aromatic amines is 1. The Bertz CT molecular complexity index is 1370. The first-order chi connectivity index (χ1) is 15.6. The highest BCUT2D eigenvalue weighted by Gasteiger charge is 2.25. The van der Waals surface area contributed by atoms with E-state index < -0.39 is 9.84 Å². The third-order valence-corrected chi connectivity index (χ3v) is 8.57. The van der Waals surface area contributed by atoms with Gasteiger partial charge in [0, 0.05) is 37.3 Å². The van der Waals surface area contributed by atoms with Crippen molar-refractivity contribution in [3.05, 3.63) is 69.3 Å². The van der Waals surface area contributed by atoms with Crippen LogP contribution < -0.4 is 4.90 Å². The van der Waals surface area contributed by atoms with Gasteiger partial charge in [0.15, 0.2) is 9.84 Å². The second-order valence-corrected chi connectivity index (χ2v) is 11.7. The van der Waals surface area contributed by atoms with Crippen molar-refractivity contribution in [1.82, 2.24) is 9.97 Å². The number of H-pyrrole nitrogens is 1. The molecule has 0 saturated heterocycles. The lowest BCUT2D eigenvalue weighted by Crippen LogP contribution is -2.17. The Morgan fingerprint density at radius 1 is 1.18 bits per heavy atom. The molecule has 33 heavy (non-hydrogen) atoms. The lowest BCUT2D eigenvalue weighted by atomic mass is 9.87. The van der Waals surface area contributed by atoms with E-state index in [9.17, 15) is 8.42 Å². The molecule has 0 amide bonds. The minimum absolute atomic E-state index is 0.0705. The molecule has 0 bridgehead atoms. The summed E-state index contributed by atoms with van der Waals surface area (Å²) in [7, 11) is 0.758. The number of halogens is 2. The number of hydrogen-bond donors (Lipinski definition) is 1. The van der Waals surface area contributed by atoms with Gasteiger partial charge in [0.05, 0.1) is 26.2 Å². The average Bonchev–Trinajstić information content (AvgIpc) is 3.18. The molecule has 2 atom stereocenters. The van der Waals surface area contributed by atoms with Crippen LogP contribution in [0.15, 0.2) is 53.5 Å². The smallest absolute Gasteiger partial charge is 0.177 e. The number of rotatable bonds is 6. The molecule has 5 nitrogen and oxygen atoms in total. The number of nitrogens with one attached hydrogen (secondary N) is 1. The number of anilines is 1. The van der Waals surface area contributed by atoms with Gasteiger partial charge in [0.1, 0.15) is 11.3 Å². The van der Waals surface area contributed by atoms with Crippen molar-refractivity contribution in [3.8, 4) is 11.1 Å². The van der Waals surface area contributed by atoms with E-state index in [1.54, 1.807) is 13.0 Å². The summed E-state index contributed by atoms with van der Waals surface area (Å²) in [6, 6.07) is 9.85. The van der Waals surface area contributed by atoms with Crippen LogP contribution >= 0.6 is 23.2 Å². The molecule has 1 N–H and O–H groups in total. The van der Waals surface area contributed by atoms with Gasteiger partial charge < -0.3 is 9.88 Å². The minimum Gasteiger partial charge on any atom is -0.377 e. The number of para-hydroxylation sites is 1. The number of benzene rings is 2. The van der Waals surface area contributed by atoms with Crippen molar-refractivity contribution in [2.45, 2.75) is 20.3 Å². The van der Waals surface area contributed by atoms with Gasteiger partial charge in [0.2, 0.25) is 0 Å². The molecule has 0 saturated carbocycles. The van der Waals surface area contributed by atoms with Gasteiger partial charge >= 0.3 is 0 Å². The number of hydrogen-bond acceptors (Lipinski definition) is 4. The van der Waals surface area contributed by atoms with Gasteiger partial charge in [-0.2, -0.15) is 0 Å². The Balaban J connectivity index is 1.68. The molecule has 1 aromatic heterocycles. The number of allylic oxidation sites excluding steroid dienone is 3. The molecule has 1 aliphatic carbocycles. The van der Waals surface area contributed by atoms with Crippen molar-refractivity contribution in [2.24, 2.45) is 11.8 Å². The maximum Gasteiger partial charge on any atom is 0.177 e. The number of imidazole rings is 1. The number of aromatic nitrogens is 2. The normalized spacial score (nSPS) is 18.5. The van der Waals surface area contributed by atoms with Crippen LogP contribution in [0.4, 0.5) is 5.69 Å². The summed E-state index contributed by atoms with van der Waals surface area (Å²) in [6.07, 6.45) is 6.16. The molecule has 2 unspecified atom stereocenters. The van der Waals surface area contributed by atoms with Gasteiger partial charge in [-0.1, -0.05) is 67.4 Å². The number of fused-ring (bicyclic) bond motifs is 1. The van der Waals surface area contributed by atoms with Crippen LogP contribution in [0, 0.1) is 11.8 Å². The third-order valence-electron chi connectivity index (χ3n) is 6.15. The molecular formula is C25H27Cl2N3O2S. The maximum atomic E-state index is 12.2. The summed E-state index contributed by atoms with van der Waals surface area (Å²) in [5.41, 5.74) is 4.18. The van der Waals surface area contributed by atoms with Crippen LogP contribution in [-0.4, -0.2) is 38.2 Å². The van der Waals surface area contributed by atoms with Crippen LogP contribution in [0.1, 0.15) is 19.7 Å². The third kappa shape index (κ3) is 4.57. The fourth-order valence-electron chi connectivity index (χ4n) is 4.23. The molecule has 2 aromatic carbocycles. The SMILES string of the molecule is CCS(=O)(=O)C1=CC(C)C(Cc2nc3c(Cl)c(-c4ccccc4N(C)C)c(Cl)cc3[nH]2)C=C1. The second-order valence-electron chi connectivity index (χ2n) is 8.60. The molecule has 0 spiro atoms. The standard InChI is InChI=1S/C25H27Cl2N3O2S/c1-5-33(31,32)17-11-10-16(15(2)12-17)13-22-28-20-14-19(26)23(24(27)25(20)29-22)18-8-6-7-9-21(18)30(3)4/h6-12,14-16H,5,13H2,1-4H3,(H,28,29). The molecule has 0 fully saturated rings. The molecular weight excluding hydrogens is 477 g/mol. The predicted octanol–water partition coefficient (Wildman–Crippen LogP) is 6.29. The summed E-state index contributed by atoms with van der Waals surface area (Å²) in [4.78, 5) is 10.6. The summed E-state index contributed by atoms with van der Waals surface area (Å²) < 4.78 is 24.4. The zero-order chi connectivity index (χ0) is 23.9. The molecule has 3 aromatic rings. The molecule has 4 rings (SSSR count). The lowest BCUT2D eigenvalue weighted by Gasteiger charge is -2.22. The summed E-state index contributed by atoms with van der Waals surface area (Å²) >= 11 is 13.5. The van der Waals surface area contributed by atoms with Gasteiger partial charge in [-0.3, -0.25) is 0 Å². The van der Waals surface area contributed by atoms with Crippen LogP contribution in [0.5, 0.6) is 0 Å². The fraction of sp³-hybridized carbons (Fsp3) is 0.320. The quantitative estimate of drug-likeness (QED) is 0.429. The van der Waals surface area contributed by atoms with Gasteiger partial charge in [-0.25, -0.2) is 13.4 Å². The van der Waals surface area contributed by atoms with E-state index in [4.69, 9.17) is 28.2 Å². The highest BCUT2D eigenvalue weighted by atomic mass is 35.5. The summed E-state index contributed by atoms with van der Waals surface area (Å²) in [5, 5.41) is 1.07. The van der Waals surface area contributed by atoms with Crippen molar-refractivity contribution in [2.75, 3.05) is 24.7 Å². The Labute approximate surface area is 205 Å². The van der Waals surface area contributed by atoms with E-state index in [1.807, 2.05) is 68.4 Å². The van der Waals surface area contributed by atoms with Crippen LogP contribution in [0.25, 0.3) is 22.2 Å². The lowest BCUT2D eigenvalue weighted by molar-refractivity contribution is 0.493. The first-order valence-corrected chi connectivity index (χ1v) is 13.3. The first kappa shape index (κ1) is 23.9.